The van der Waals surface area contributed by atoms with Crippen molar-refractivity contribution < 1.29 is 9.53 Å². The lowest BCUT2D eigenvalue weighted by atomic mass is 9.87. The third-order valence-electron chi connectivity index (χ3n) is 3.62. The van der Waals surface area contributed by atoms with Crippen molar-refractivity contribution in [1.29, 1.82) is 0 Å². The van der Waals surface area contributed by atoms with Crippen molar-refractivity contribution in [3.63, 3.8) is 0 Å². The number of amides is 1. The highest BCUT2D eigenvalue weighted by Crippen LogP contribution is 2.26. The minimum Gasteiger partial charge on any atom is -0.484 e. The number of primary amides is 1. The van der Waals surface area contributed by atoms with E-state index in [1.807, 2.05) is 24.3 Å². The number of carbonyl (C=O) groups is 1. The molecule has 0 aromatic heterocycles. The Balaban J connectivity index is 1.83. The van der Waals surface area contributed by atoms with E-state index in [0.717, 1.165) is 11.6 Å². The fourth-order valence-corrected chi connectivity index (χ4v) is 2.44. The normalized spacial score (nSPS) is 22.8. The largest absolute Gasteiger partial charge is 0.484 e. The smallest absolute Gasteiger partial charge is 0.255 e. The van der Waals surface area contributed by atoms with E-state index < -0.39 is 5.91 Å². The molecular formula is C15H22N2O2. The van der Waals surface area contributed by atoms with E-state index in [-0.39, 0.29) is 6.61 Å². The molecular weight excluding hydrogens is 240 g/mol. The van der Waals surface area contributed by atoms with Crippen LogP contribution in [-0.4, -0.2) is 18.6 Å². The minimum absolute atomic E-state index is 0.0761. The Labute approximate surface area is 114 Å². The van der Waals surface area contributed by atoms with E-state index in [4.69, 9.17) is 10.5 Å². The van der Waals surface area contributed by atoms with Gasteiger partial charge in [-0.3, -0.25) is 4.79 Å². The molecule has 1 aromatic carbocycles. The van der Waals surface area contributed by atoms with Crippen molar-refractivity contribution in [2.45, 2.75) is 38.6 Å². The number of carbonyl (C=O) groups excluding carboxylic acids is 1. The van der Waals surface area contributed by atoms with Crippen molar-refractivity contribution in [3.05, 3.63) is 24.3 Å². The molecule has 0 heterocycles. The summed E-state index contributed by atoms with van der Waals surface area (Å²) in [6.45, 7) is 2.24. The molecule has 0 saturated heterocycles. The fraction of sp³-hybridized carbons (Fsp3) is 0.533. The minimum atomic E-state index is -0.460. The molecule has 2 rings (SSSR count). The Morgan fingerprint density at radius 3 is 2.47 bits per heavy atom. The van der Waals surface area contributed by atoms with Gasteiger partial charge in [0.25, 0.3) is 5.91 Å². The lowest BCUT2D eigenvalue weighted by Gasteiger charge is -2.27. The van der Waals surface area contributed by atoms with Crippen LogP contribution < -0.4 is 15.8 Å². The molecule has 0 spiro atoms. The third-order valence-corrected chi connectivity index (χ3v) is 3.62. The number of benzene rings is 1. The van der Waals surface area contributed by atoms with E-state index in [0.29, 0.717) is 11.8 Å². The van der Waals surface area contributed by atoms with Gasteiger partial charge in [0, 0.05) is 11.7 Å². The standard InChI is InChI=1S/C15H22N2O2/c1-11-2-4-12(5-3-11)17-13-6-8-14(9-7-13)19-10-15(16)18/h6-9,11-12,17H,2-5,10H2,1H3,(H2,16,18). The zero-order chi connectivity index (χ0) is 13.7. The summed E-state index contributed by atoms with van der Waals surface area (Å²) in [4.78, 5) is 10.6. The van der Waals surface area contributed by atoms with Gasteiger partial charge in [0.15, 0.2) is 6.61 Å². The number of hydrogen-bond acceptors (Lipinski definition) is 3. The highest BCUT2D eigenvalue weighted by atomic mass is 16.5. The molecule has 0 radical (unpaired) electrons. The number of nitrogens with one attached hydrogen (secondary N) is 1. The van der Waals surface area contributed by atoms with E-state index in [1.165, 1.54) is 25.7 Å². The first-order chi connectivity index (χ1) is 9.13. The van der Waals surface area contributed by atoms with Gasteiger partial charge in [0.05, 0.1) is 0 Å². The summed E-state index contributed by atoms with van der Waals surface area (Å²) in [6, 6.07) is 8.25. The van der Waals surface area contributed by atoms with Gasteiger partial charge in [0.1, 0.15) is 5.75 Å². The van der Waals surface area contributed by atoms with Crippen LogP contribution in [-0.2, 0) is 4.79 Å². The molecule has 0 atom stereocenters. The molecule has 1 saturated carbocycles. The summed E-state index contributed by atoms with van der Waals surface area (Å²) in [5.41, 5.74) is 6.13. The van der Waals surface area contributed by atoms with Crippen LogP contribution in [0.3, 0.4) is 0 Å². The van der Waals surface area contributed by atoms with Crippen molar-refractivity contribution in [2.24, 2.45) is 11.7 Å². The first kappa shape index (κ1) is 13.7. The summed E-state index contributed by atoms with van der Waals surface area (Å²) >= 11 is 0. The van der Waals surface area contributed by atoms with Gasteiger partial charge in [-0.05, 0) is 55.9 Å². The number of ether oxygens (including phenoxy) is 1. The molecule has 0 aliphatic heterocycles. The van der Waals surface area contributed by atoms with Gasteiger partial charge < -0.3 is 15.8 Å². The Morgan fingerprint density at radius 1 is 1.26 bits per heavy atom. The van der Waals surface area contributed by atoms with Gasteiger partial charge in [-0.15, -0.1) is 0 Å². The summed E-state index contributed by atoms with van der Waals surface area (Å²) in [7, 11) is 0. The van der Waals surface area contributed by atoms with Crippen LogP contribution in [0.5, 0.6) is 5.75 Å². The second-order valence-corrected chi connectivity index (χ2v) is 5.38. The van der Waals surface area contributed by atoms with Crippen molar-refractivity contribution in [3.8, 4) is 5.75 Å². The van der Waals surface area contributed by atoms with E-state index >= 15 is 0 Å². The average molecular weight is 262 g/mol. The molecule has 1 amide bonds. The van der Waals surface area contributed by atoms with Crippen LogP contribution in [0.2, 0.25) is 0 Å². The zero-order valence-corrected chi connectivity index (χ0v) is 11.4. The monoisotopic (exact) mass is 262 g/mol. The molecule has 1 aromatic rings. The highest BCUT2D eigenvalue weighted by molar-refractivity contribution is 5.75. The molecule has 19 heavy (non-hydrogen) atoms. The molecule has 1 aliphatic rings. The number of hydrogen-bond donors (Lipinski definition) is 2. The van der Waals surface area contributed by atoms with Crippen molar-refractivity contribution in [2.75, 3.05) is 11.9 Å². The van der Waals surface area contributed by atoms with Crippen molar-refractivity contribution >= 4 is 11.6 Å². The predicted octanol–water partition coefficient (Wildman–Crippen LogP) is 2.54. The van der Waals surface area contributed by atoms with Crippen LogP contribution in [0.4, 0.5) is 5.69 Å². The Bertz CT molecular complexity index is 409. The SMILES string of the molecule is CC1CCC(Nc2ccc(OCC(N)=O)cc2)CC1. The predicted molar refractivity (Wildman–Crippen MR) is 76.2 cm³/mol. The van der Waals surface area contributed by atoms with Crippen LogP contribution >= 0.6 is 0 Å². The maximum absolute atomic E-state index is 10.6. The molecule has 0 bridgehead atoms. The highest BCUT2D eigenvalue weighted by Gasteiger charge is 2.17. The molecule has 4 heteroatoms. The lowest BCUT2D eigenvalue weighted by Crippen LogP contribution is -2.25. The van der Waals surface area contributed by atoms with Gasteiger partial charge >= 0.3 is 0 Å². The second kappa shape index (κ2) is 6.45. The number of anilines is 1. The van der Waals surface area contributed by atoms with Crippen LogP contribution in [0.15, 0.2) is 24.3 Å². The summed E-state index contributed by atoms with van der Waals surface area (Å²) in [6.07, 6.45) is 5.08. The van der Waals surface area contributed by atoms with Gasteiger partial charge in [-0.25, -0.2) is 0 Å². The van der Waals surface area contributed by atoms with E-state index in [1.54, 1.807) is 0 Å². The number of nitrogens with two attached hydrogens (primary N) is 1. The zero-order valence-electron chi connectivity index (χ0n) is 11.4. The molecule has 0 unspecified atom stereocenters. The third kappa shape index (κ3) is 4.47. The first-order valence-corrected chi connectivity index (χ1v) is 6.91. The average Bonchev–Trinajstić information content (AvgIpc) is 2.40. The van der Waals surface area contributed by atoms with Crippen LogP contribution in [0.1, 0.15) is 32.6 Å². The first-order valence-electron chi connectivity index (χ1n) is 6.91. The van der Waals surface area contributed by atoms with Crippen LogP contribution in [0.25, 0.3) is 0 Å². The Kier molecular flexibility index (Phi) is 4.66. The van der Waals surface area contributed by atoms with Gasteiger partial charge in [-0.2, -0.15) is 0 Å². The maximum Gasteiger partial charge on any atom is 0.255 e. The van der Waals surface area contributed by atoms with Crippen LogP contribution in [0, 0.1) is 5.92 Å². The molecule has 4 nitrogen and oxygen atoms in total. The summed E-state index contributed by atoms with van der Waals surface area (Å²) < 4.78 is 5.22. The van der Waals surface area contributed by atoms with E-state index in [9.17, 15) is 4.79 Å². The Morgan fingerprint density at radius 2 is 1.89 bits per heavy atom. The van der Waals surface area contributed by atoms with Gasteiger partial charge in [0.2, 0.25) is 0 Å². The summed E-state index contributed by atoms with van der Waals surface area (Å²) in [5.74, 6) is 1.07. The molecule has 3 N–H and O–H groups in total. The topological polar surface area (TPSA) is 64.3 Å². The quantitative estimate of drug-likeness (QED) is 0.857. The molecule has 1 aliphatic carbocycles. The van der Waals surface area contributed by atoms with E-state index in [2.05, 4.69) is 12.2 Å². The molecule has 1 fully saturated rings. The lowest BCUT2D eigenvalue weighted by molar-refractivity contribution is -0.119. The second-order valence-electron chi connectivity index (χ2n) is 5.38. The summed E-state index contributed by atoms with van der Waals surface area (Å²) in [5, 5.41) is 3.55. The number of rotatable bonds is 5. The Hall–Kier alpha value is -1.71. The molecule has 104 valence electrons. The maximum atomic E-state index is 10.6. The van der Waals surface area contributed by atoms with Crippen molar-refractivity contribution in [1.82, 2.24) is 0 Å². The fourth-order valence-electron chi connectivity index (χ4n) is 2.44. The van der Waals surface area contributed by atoms with Gasteiger partial charge in [-0.1, -0.05) is 6.92 Å².